The van der Waals surface area contributed by atoms with Crippen LogP contribution in [0.4, 0.5) is 0 Å². The summed E-state index contributed by atoms with van der Waals surface area (Å²) < 4.78 is 1.65. The molecular weight excluding hydrogens is 338 g/mol. The lowest BCUT2D eigenvalue weighted by Gasteiger charge is -2.10. The van der Waals surface area contributed by atoms with E-state index in [9.17, 15) is 4.79 Å². The molecule has 0 radical (unpaired) electrons. The standard InChI is InChI=1S/C21H15N5O/c27-20-12-23-19-5-2-8-22-21(19)26(20)13-14-3-1-4-15(9-14)16-6-7-18-17(10-16)11-24-25-18/h1-12H,13H2,(H,24,25). The molecule has 5 aromatic rings. The number of nitrogens with zero attached hydrogens (tertiary/aromatic N) is 4. The summed E-state index contributed by atoms with van der Waals surface area (Å²) in [6.45, 7) is 0.441. The Morgan fingerprint density at radius 3 is 2.81 bits per heavy atom. The van der Waals surface area contributed by atoms with Crippen molar-refractivity contribution in [3.05, 3.63) is 89.1 Å². The minimum absolute atomic E-state index is 0.161. The Morgan fingerprint density at radius 2 is 1.85 bits per heavy atom. The van der Waals surface area contributed by atoms with Gasteiger partial charge in [-0.2, -0.15) is 5.10 Å². The van der Waals surface area contributed by atoms with E-state index in [2.05, 4.69) is 44.4 Å². The molecule has 0 amide bonds. The van der Waals surface area contributed by atoms with Gasteiger partial charge in [0.1, 0.15) is 5.52 Å². The van der Waals surface area contributed by atoms with Crippen LogP contribution in [0.25, 0.3) is 33.2 Å². The van der Waals surface area contributed by atoms with Gasteiger partial charge in [-0.3, -0.25) is 14.5 Å². The largest absolute Gasteiger partial charge is 0.286 e. The van der Waals surface area contributed by atoms with Crippen LogP contribution in [0.15, 0.2) is 78.0 Å². The van der Waals surface area contributed by atoms with Crippen LogP contribution in [0.3, 0.4) is 0 Å². The first-order valence-corrected chi connectivity index (χ1v) is 8.61. The van der Waals surface area contributed by atoms with Crippen molar-refractivity contribution < 1.29 is 0 Å². The topological polar surface area (TPSA) is 76.5 Å². The predicted molar refractivity (Wildman–Crippen MR) is 104 cm³/mol. The summed E-state index contributed by atoms with van der Waals surface area (Å²) in [5.74, 6) is 0. The number of nitrogens with one attached hydrogen (secondary N) is 1. The number of H-pyrrole nitrogens is 1. The fraction of sp³-hybridized carbons (Fsp3) is 0.0476. The van der Waals surface area contributed by atoms with Crippen molar-refractivity contribution in [1.82, 2.24) is 24.7 Å². The van der Waals surface area contributed by atoms with Gasteiger partial charge in [0.15, 0.2) is 5.65 Å². The fourth-order valence-corrected chi connectivity index (χ4v) is 3.30. The third kappa shape index (κ3) is 2.77. The molecule has 5 rings (SSSR count). The summed E-state index contributed by atoms with van der Waals surface area (Å²) in [4.78, 5) is 20.9. The number of fused-ring (bicyclic) bond motifs is 2. The Kier molecular flexibility index (Phi) is 3.53. The molecule has 0 aliphatic rings. The van der Waals surface area contributed by atoms with Crippen LogP contribution in [0.5, 0.6) is 0 Å². The van der Waals surface area contributed by atoms with Gasteiger partial charge in [0.25, 0.3) is 5.56 Å². The SMILES string of the molecule is O=c1cnc2cccnc2n1Cc1cccc(-c2ccc3[nH]ncc3c2)c1. The lowest BCUT2D eigenvalue weighted by atomic mass is 10.0. The van der Waals surface area contributed by atoms with Gasteiger partial charge in [0.2, 0.25) is 0 Å². The number of hydrogen-bond acceptors (Lipinski definition) is 4. The van der Waals surface area contributed by atoms with Gasteiger partial charge in [0, 0.05) is 11.6 Å². The second-order valence-electron chi connectivity index (χ2n) is 6.40. The van der Waals surface area contributed by atoms with E-state index in [1.54, 1.807) is 10.8 Å². The number of benzene rings is 2. The highest BCUT2D eigenvalue weighted by Gasteiger charge is 2.07. The molecule has 0 saturated carbocycles. The van der Waals surface area contributed by atoms with Gasteiger partial charge in [-0.05, 0) is 47.0 Å². The Balaban J connectivity index is 1.57. The molecule has 0 bridgehead atoms. The minimum Gasteiger partial charge on any atom is -0.286 e. The number of aromatic nitrogens is 5. The lowest BCUT2D eigenvalue weighted by Crippen LogP contribution is -2.21. The van der Waals surface area contributed by atoms with Crippen molar-refractivity contribution in [3.63, 3.8) is 0 Å². The molecule has 0 unspecified atom stereocenters. The van der Waals surface area contributed by atoms with Gasteiger partial charge in [-0.1, -0.05) is 24.3 Å². The summed E-state index contributed by atoms with van der Waals surface area (Å²) in [5.41, 5.74) is 5.38. The molecule has 0 fully saturated rings. The van der Waals surface area contributed by atoms with E-state index in [0.717, 1.165) is 27.6 Å². The van der Waals surface area contributed by atoms with Crippen LogP contribution >= 0.6 is 0 Å². The zero-order chi connectivity index (χ0) is 18.2. The van der Waals surface area contributed by atoms with Gasteiger partial charge < -0.3 is 0 Å². The van der Waals surface area contributed by atoms with Crippen LogP contribution in [-0.2, 0) is 6.54 Å². The zero-order valence-electron chi connectivity index (χ0n) is 14.3. The summed E-state index contributed by atoms with van der Waals surface area (Å²) in [7, 11) is 0. The zero-order valence-corrected chi connectivity index (χ0v) is 14.3. The van der Waals surface area contributed by atoms with Crippen molar-refractivity contribution in [2.24, 2.45) is 0 Å². The molecule has 0 saturated heterocycles. The Bertz CT molecular complexity index is 1340. The summed E-state index contributed by atoms with van der Waals surface area (Å²) in [6.07, 6.45) is 4.84. The second kappa shape index (κ2) is 6.17. The predicted octanol–water partition coefficient (Wildman–Crippen LogP) is 3.38. The summed E-state index contributed by atoms with van der Waals surface area (Å²) in [6, 6.07) is 18.1. The van der Waals surface area contributed by atoms with Crippen molar-refractivity contribution in [3.8, 4) is 11.1 Å². The molecule has 6 heteroatoms. The quantitative estimate of drug-likeness (QED) is 0.539. The van der Waals surface area contributed by atoms with Crippen LogP contribution in [0.2, 0.25) is 0 Å². The highest BCUT2D eigenvalue weighted by atomic mass is 16.1. The molecule has 0 atom stereocenters. The first-order chi connectivity index (χ1) is 13.3. The molecule has 3 aromatic heterocycles. The first kappa shape index (κ1) is 15.5. The third-order valence-electron chi connectivity index (χ3n) is 4.64. The molecule has 1 N–H and O–H groups in total. The molecule has 0 spiro atoms. The van der Waals surface area contributed by atoms with Gasteiger partial charge >= 0.3 is 0 Å². The third-order valence-corrected chi connectivity index (χ3v) is 4.64. The number of rotatable bonds is 3. The molecule has 130 valence electrons. The molecule has 3 heterocycles. The number of pyridine rings is 1. The molecule has 0 aliphatic carbocycles. The second-order valence-corrected chi connectivity index (χ2v) is 6.40. The van der Waals surface area contributed by atoms with E-state index in [0.29, 0.717) is 17.7 Å². The normalized spacial score (nSPS) is 11.3. The van der Waals surface area contributed by atoms with Gasteiger partial charge in [-0.25, -0.2) is 9.97 Å². The Labute approximate surface area is 154 Å². The lowest BCUT2D eigenvalue weighted by molar-refractivity contribution is 0.775. The maximum atomic E-state index is 12.4. The summed E-state index contributed by atoms with van der Waals surface area (Å²) >= 11 is 0. The van der Waals surface area contributed by atoms with E-state index < -0.39 is 0 Å². The number of aromatic amines is 1. The monoisotopic (exact) mass is 353 g/mol. The average Bonchev–Trinajstić information content (AvgIpc) is 3.18. The van der Waals surface area contributed by atoms with Crippen LogP contribution in [0, 0.1) is 0 Å². The van der Waals surface area contributed by atoms with Gasteiger partial charge in [0.05, 0.1) is 24.5 Å². The van der Waals surface area contributed by atoms with E-state index in [-0.39, 0.29) is 5.56 Å². The highest BCUT2D eigenvalue weighted by molar-refractivity contribution is 5.84. The maximum Gasteiger partial charge on any atom is 0.270 e. The van der Waals surface area contributed by atoms with Crippen molar-refractivity contribution in [2.45, 2.75) is 6.54 Å². The van der Waals surface area contributed by atoms with Crippen LogP contribution in [-0.4, -0.2) is 24.7 Å². The highest BCUT2D eigenvalue weighted by Crippen LogP contribution is 2.24. The van der Waals surface area contributed by atoms with Crippen LogP contribution < -0.4 is 5.56 Å². The molecule has 6 nitrogen and oxygen atoms in total. The maximum absolute atomic E-state index is 12.4. The summed E-state index contributed by atoms with van der Waals surface area (Å²) in [5, 5.41) is 8.10. The molecule has 2 aromatic carbocycles. The average molecular weight is 353 g/mol. The minimum atomic E-state index is -0.161. The van der Waals surface area contributed by atoms with E-state index in [4.69, 9.17) is 0 Å². The number of hydrogen-bond donors (Lipinski definition) is 1. The Hall–Kier alpha value is -3.80. The van der Waals surface area contributed by atoms with Crippen molar-refractivity contribution in [2.75, 3.05) is 0 Å². The fourth-order valence-electron chi connectivity index (χ4n) is 3.30. The molecule has 0 aliphatic heterocycles. The van der Waals surface area contributed by atoms with E-state index >= 15 is 0 Å². The van der Waals surface area contributed by atoms with Crippen molar-refractivity contribution in [1.29, 1.82) is 0 Å². The Morgan fingerprint density at radius 1 is 0.926 bits per heavy atom. The first-order valence-electron chi connectivity index (χ1n) is 8.61. The van der Waals surface area contributed by atoms with E-state index in [1.165, 1.54) is 6.20 Å². The molecule has 27 heavy (non-hydrogen) atoms. The van der Waals surface area contributed by atoms with E-state index in [1.807, 2.05) is 36.5 Å². The van der Waals surface area contributed by atoms with Gasteiger partial charge in [-0.15, -0.1) is 0 Å². The smallest absolute Gasteiger partial charge is 0.270 e. The van der Waals surface area contributed by atoms with Crippen LogP contribution in [0.1, 0.15) is 5.56 Å². The van der Waals surface area contributed by atoms with Crippen molar-refractivity contribution >= 4 is 22.1 Å². The molecular formula is C21H15N5O.